The summed E-state index contributed by atoms with van der Waals surface area (Å²) in [4.78, 5) is 0. The van der Waals surface area contributed by atoms with E-state index in [9.17, 15) is 0 Å². The third-order valence-corrected chi connectivity index (χ3v) is 5.01. The Bertz CT molecular complexity index is 223. The Morgan fingerprint density at radius 1 is 1.00 bits per heavy atom. The van der Waals surface area contributed by atoms with Crippen LogP contribution in [0.25, 0.3) is 0 Å². The molecular weight excluding hydrogens is 168 g/mol. The van der Waals surface area contributed by atoms with Crippen LogP contribution in [0.5, 0.6) is 0 Å². The molecule has 0 nitrogen and oxygen atoms in total. The minimum atomic E-state index is 1.03. The number of hydrogen-bond donors (Lipinski definition) is 0. The van der Waals surface area contributed by atoms with Crippen molar-refractivity contribution >= 4 is 0 Å². The van der Waals surface area contributed by atoms with Crippen LogP contribution in [0.3, 0.4) is 0 Å². The molecule has 0 aromatic heterocycles. The standard InChI is InChI=1S/C14H22/c1-9(2)3-14-12-5-10-4-11(7-12)8-13(14)6-10/h10-14H,1,3-8H2,2H3. The summed E-state index contributed by atoms with van der Waals surface area (Å²) in [5, 5.41) is 0. The Labute approximate surface area is 87.8 Å². The van der Waals surface area contributed by atoms with Crippen LogP contribution in [0.4, 0.5) is 0 Å². The van der Waals surface area contributed by atoms with E-state index in [0.29, 0.717) is 0 Å². The van der Waals surface area contributed by atoms with Crippen LogP contribution in [0, 0.1) is 29.6 Å². The van der Waals surface area contributed by atoms with Crippen LogP contribution in [0.1, 0.15) is 45.4 Å². The predicted octanol–water partition coefficient (Wildman–Crippen LogP) is 4.02. The lowest BCUT2D eigenvalue weighted by Gasteiger charge is -2.54. The van der Waals surface area contributed by atoms with Gasteiger partial charge in [0.2, 0.25) is 0 Å². The van der Waals surface area contributed by atoms with Gasteiger partial charge >= 0.3 is 0 Å². The van der Waals surface area contributed by atoms with E-state index in [1.54, 1.807) is 32.1 Å². The molecule has 0 aromatic carbocycles. The van der Waals surface area contributed by atoms with Gasteiger partial charge in [-0.05, 0) is 75.0 Å². The van der Waals surface area contributed by atoms with E-state index >= 15 is 0 Å². The maximum atomic E-state index is 4.11. The van der Waals surface area contributed by atoms with Gasteiger partial charge in [0.1, 0.15) is 0 Å². The molecule has 4 fully saturated rings. The summed E-state index contributed by atoms with van der Waals surface area (Å²) in [7, 11) is 0. The molecule has 0 spiro atoms. The molecule has 0 amide bonds. The molecule has 0 unspecified atom stereocenters. The second-order valence-corrected chi connectivity index (χ2v) is 6.26. The molecule has 0 heterocycles. The molecule has 0 aromatic rings. The van der Waals surface area contributed by atoms with Crippen molar-refractivity contribution in [2.75, 3.05) is 0 Å². The van der Waals surface area contributed by atoms with Crippen LogP contribution in [0.2, 0.25) is 0 Å². The Morgan fingerprint density at radius 3 is 1.93 bits per heavy atom. The highest BCUT2D eigenvalue weighted by molar-refractivity contribution is 5.02. The molecule has 0 radical (unpaired) electrons. The van der Waals surface area contributed by atoms with Gasteiger partial charge in [-0.1, -0.05) is 5.57 Å². The molecule has 0 N–H and O–H groups in total. The summed E-state index contributed by atoms with van der Waals surface area (Å²) >= 11 is 0. The lowest BCUT2D eigenvalue weighted by molar-refractivity contribution is -0.0359. The summed E-state index contributed by atoms with van der Waals surface area (Å²) in [6.45, 7) is 6.32. The second kappa shape index (κ2) is 3.12. The fraction of sp³-hybridized carbons (Fsp3) is 0.857. The molecule has 0 heteroatoms. The number of hydrogen-bond acceptors (Lipinski definition) is 0. The van der Waals surface area contributed by atoms with Crippen LogP contribution in [-0.2, 0) is 0 Å². The molecule has 4 saturated carbocycles. The van der Waals surface area contributed by atoms with Crippen LogP contribution in [-0.4, -0.2) is 0 Å². The summed E-state index contributed by atoms with van der Waals surface area (Å²) < 4.78 is 0. The summed E-state index contributed by atoms with van der Waals surface area (Å²) in [5.74, 6) is 5.45. The van der Waals surface area contributed by atoms with E-state index in [1.165, 1.54) is 12.0 Å². The van der Waals surface area contributed by atoms with Crippen molar-refractivity contribution in [1.82, 2.24) is 0 Å². The van der Waals surface area contributed by atoms with Gasteiger partial charge in [-0.15, -0.1) is 6.58 Å². The lowest BCUT2D eigenvalue weighted by atomic mass is 9.51. The Morgan fingerprint density at radius 2 is 1.50 bits per heavy atom. The molecule has 4 rings (SSSR count). The van der Waals surface area contributed by atoms with Gasteiger partial charge in [0.15, 0.2) is 0 Å². The maximum absolute atomic E-state index is 4.11. The van der Waals surface area contributed by atoms with E-state index in [2.05, 4.69) is 13.5 Å². The van der Waals surface area contributed by atoms with Gasteiger partial charge in [-0.3, -0.25) is 0 Å². The van der Waals surface area contributed by atoms with Crippen LogP contribution < -0.4 is 0 Å². The Kier molecular flexibility index (Phi) is 2.00. The van der Waals surface area contributed by atoms with Crippen molar-refractivity contribution in [3.05, 3.63) is 12.2 Å². The first-order valence-corrected chi connectivity index (χ1v) is 6.36. The Balaban J connectivity index is 1.77. The first-order valence-electron chi connectivity index (χ1n) is 6.36. The van der Waals surface area contributed by atoms with Crippen molar-refractivity contribution in [3.63, 3.8) is 0 Å². The fourth-order valence-corrected chi connectivity index (χ4v) is 4.77. The lowest BCUT2D eigenvalue weighted by Crippen LogP contribution is -2.45. The van der Waals surface area contributed by atoms with Crippen LogP contribution in [0.15, 0.2) is 12.2 Å². The predicted molar refractivity (Wildman–Crippen MR) is 60.0 cm³/mol. The molecule has 0 aliphatic heterocycles. The Hall–Kier alpha value is -0.260. The summed E-state index contributed by atoms with van der Waals surface area (Å²) in [6, 6.07) is 0. The quantitative estimate of drug-likeness (QED) is 0.577. The topological polar surface area (TPSA) is 0 Å². The highest BCUT2D eigenvalue weighted by Gasteiger charge is 2.47. The van der Waals surface area contributed by atoms with E-state index in [1.807, 2.05) is 0 Å². The van der Waals surface area contributed by atoms with E-state index in [4.69, 9.17) is 0 Å². The molecule has 4 bridgehead atoms. The average molecular weight is 190 g/mol. The molecular formula is C14H22. The SMILES string of the molecule is C=C(C)CC1C2CC3CC(C2)CC1C3. The van der Waals surface area contributed by atoms with E-state index in [-0.39, 0.29) is 0 Å². The zero-order chi connectivity index (χ0) is 9.71. The maximum Gasteiger partial charge on any atom is -0.0292 e. The normalized spacial score (nSPS) is 49.6. The van der Waals surface area contributed by atoms with Gasteiger partial charge in [-0.25, -0.2) is 0 Å². The van der Waals surface area contributed by atoms with Crippen molar-refractivity contribution in [2.24, 2.45) is 29.6 Å². The third-order valence-electron chi connectivity index (χ3n) is 5.01. The average Bonchev–Trinajstić information content (AvgIpc) is 2.09. The third kappa shape index (κ3) is 1.34. The van der Waals surface area contributed by atoms with Gasteiger partial charge < -0.3 is 0 Å². The summed E-state index contributed by atoms with van der Waals surface area (Å²) in [6.07, 6.45) is 9.15. The van der Waals surface area contributed by atoms with Gasteiger partial charge in [-0.2, -0.15) is 0 Å². The molecule has 4 aliphatic carbocycles. The van der Waals surface area contributed by atoms with Gasteiger partial charge in [0.05, 0.1) is 0 Å². The highest BCUT2D eigenvalue weighted by atomic mass is 14.5. The molecule has 0 atom stereocenters. The molecule has 4 aliphatic rings. The van der Waals surface area contributed by atoms with Gasteiger partial charge in [0.25, 0.3) is 0 Å². The largest absolute Gasteiger partial charge is 0.100 e. The molecule has 14 heavy (non-hydrogen) atoms. The smallest absolute Gasteiger partial charge is 0.0292 e. The highest BCUT2D eigenvalue weighted by Crippen LogP contribution is 2.57. The molecule has 0 saturated heterocycles. The monoisotopic (exact) mass is 190 g/mol. The zero-order valence-corrected chi connectivity index (χ0v) is 9.34. The first kappa shape index (κ1) is 9.00. The van der Waals surface area contributed by atoms with Crippen molar-refractivity contribution in [3.8, 4) is 0 Å². The van der Waals surface area contributed by atoms with Crippen molar-refractivity contribution in [1.29, 1.82) is 0 Å². The number of rotatable bonds is 2. The molecule has 78 valence electrons. The van der Waals surface area contributed by atoms with E-state index in [0.717, 1.165) is 29.6 Å². The number of allylic oxidation sites excluding steroid dienone is 1. The second-order valence-electron chi connectivity index (χ2n) is 6.26. The first-order chi connectivity index (χ1) is 6.72. The summed E-state index contributed by atoms with van der Waals surface area (Å²) in [5.41, 5.74) is 1.42. The van der Waals surface area contributed by atoms with Crippen LogP contribution >= 0.6 is 0 Å². The zero-order valence-electron chi connectivity index (χ0n) is 9.34. The van der Waals surface area contributed by atoms with Crippen molar-refractivity contribution in [2.45, 2.75) is 45.4 Å². The van der Waals surface area contributed by atoms with Gasteiger partial charge in [0, 0.05) is 0 Å². The van der Waals surface area contributed by atoms with E-state index < -0.39 is 0 Å². The minimum absolute atomic E-state index is 1.03. The minimum Gasteiger partial charge on any atom is -0.100 e. The fourth-order valence-electron chi connectivity index (χ4n) is 4.77. The van der Waals surface area contributed by atoms with Crippen molar-refractivity contribution < 1.29 is 0 Å².